The van der Waals surface area contributed by atoms with Crippen LogP contribution in [0.3, 0.4) is 0 Å². The average Bonchev–Trinajstić information content (AvgIpc) is 3.23. The fourth-order valence-corrected chi connectivity index (χ4v) is 3.25. The minimum absolute atomic E-state index is 0.254. The number of methoxy groups -OCH3 is 1. The van der Waals surface area contributed by atoms with Crippen molar-refractivity contribution in [3.05, 3.63) is 24.0 Å². The van der Waals surface area contributed by atoms with Crippen LogP contribution in [0.2, 0.25) is 0 Å². The fraction of sp³-hybridized carbons (Fsp3) is 0.556. The molecule has 2 aromatic rings. The Morgan fingerprint density at radius 2 is 2.33 bits per heavy atom. The first-order chi connectivity index (χ1) is 11.7. The van der Waals surface area contributed by atoms with E-state index in [9.17, 15) is 4.79 Å². The number of fused-ring (bicyclic) bond motifs is 1. The Morgan fingerprint density at radius 3 is 3.04 bits per heavy atom. The summed E-state index contributed by atoms with van der Waals surface area (Å²) in [5.74, 6) is 2.47. The lowest BCUT2D eigenvalue weighted by Gasteiger charge is -2.22. The number of likely N-dealkylation sites (N-methyl/N-ethyl adjacent to an activating group) is 1. The molecule has 1 fully saturated rings. The minimum atomic E-state index is 0.254. The van der Waals surface area contributed by atoms with E-state index in [0.29, 0.717) is 18.9 Å². The number of aromatic nitrogens is 2. The van der Waals surface area contributed by atoms with Gasteiger partial charge in [-0.1, -0.05) is 0 Å². The molecule has 1 aromatic heterocycles. The first kappa shape index (κ1) is 16.8. The first-order valence-electron chi connectivity index (χ1n) is 8.70. The highest BCUT2D eigenvalue weighted by atomic mass is 16.5. The van der Waals surface area contributed by atoms with Gasteiger partial charge in [0, 0.05) is 32.0 Å². The number of nitrogens with zero attached hydrogens (tertiary/aromatic N) is 2. The third-order valence-corrected chi connectivity index (χ3v) is 4.72. The topological polar surface area (TPSA) is 70.2 Å². The number of carbonyl (C=O) groups excluding carboxylic acids is 1. The van der Waals surface area contributed by atoms with Crippen LogP contribution < -0.4 is 10.1 Å². The minimum Gasteiger partial charge on any atom is -0.497 e. The van der Waals surface area contributed by atoms with Gasteiger partial charge in [-0.05, 0) is 44.5 Å². The van der Waals surface area contributed by atoms with Gasteiger partial charge >= 0.3 is 0 Å². The molecule has 0 aliphatic carbocycles. The molecule has 1 amide bonds. The van der Waals surface area contributed by atoms with Crippen LogP contribution in [0.15, 0.2) is 18.2 Å². The maximum Gasteiger partial charge on any atom is 0.222 e. The largest absolute Gasteiger partial charge is 0.497 e. The third kappa shape index (κ3) is 3.87. The van der Waals surface area contributed by atoms with Gasteiger partial charge in [-0.3, -0.25) is 4.79 Å². The molecule has 0 saturated carbocycles. The number of carbonyl (C=O) groups is 1. The molecule has 1 aliphatic heterocycles. The molecule has 1 atom stereocenters. The normalized spacial score (nSPS) is 17.3. The molecule has 130 valence electrons. The quantitative estimate of drug-likeness (QED) is 0.814. The summed E-state index contributed by atoms with van der Waals surface area (Å²) in [6, 6.07) is 5.80. The number of nitrogens with one attached hydrogen (secondary N) is 2. The zero-order valence-corrected chi connectivity index (χ0v) is 14.5. The zero-order valence-electron chi connectivity index (χ0n) is 14.5. The number of ether oxygens (including phenoxy) is 1. The van der Waals surface area contributed by atoms with Crippen molar-refractivity contribution < 1.29 is 9.53 Å². The van der Waals surface area contributed by atoms with Crippen molar-refractivity contribution in [2.24, 2.45) is 5.92 Å². The van der Waals surface area contributed by atoms with E-state index in [0.717, 1.165) is 55.1 Å². The number of benzene rings is 1. The Morgan fingerprint density at radius 1 is 1.46 bits per heavy atom. The van der Waals surface area contributed by atoms with E-state index in [1.165, 1.54) is 0 Å². The second kappa shape index (κ2) is 7.66. The molecular formula is C18H26N4O2. The number of hydrogen-bond acceptors (Lipinski definition) is 4. The molecule has 1 aliphatic rings. The summed E-state index contributed by atoms with van der Waals surface area (Å²) in [6.45, 7) is 5.48. The summed E-state index contributed by atoms with van der Waals surface area (Å²) in [5, 5.41) is 3.32. The molecule has 0 radical (unpaired) electrons. The Hall–Kier alpha value is -2.08. The lowest BCUT2D eigenvalue weighted by atomic mass is 10.0. The third-order valence-electron chi connectivity index (χ3n) is 4.72. The molecule has 0 spiro atoms. The van der Waals surface area contributed by atoms with Crippen molar-refractivity contribution >= 4 is 16.9 Å². The standard InChI is InChI=1S/C18H26N4O2/c1-3-22(18(23)10-13-6-8-19-12-13)9-7-17-20-15-5-4-14(24-2)11-16(15)21-17/h4-5,11,13,19H,3,6-10,12H2,1-2H3,(H,20,21). The molecule has 2 N–H and O–H groups in total. The molecule has 3 rings (SSSR count). The SMILES string of the molecule is CCN(CCc1nc2ccc(OC)cc2[nH]1)C(=O)CC1CCNC1. The van der Waals surface area contributed by atoms with Gasteiger partial charge in [-0.2, -0.15) is 0 Å². The van der Waals surface area contributed by atoms with Gasteiger partial charge in [0.05, 0.1) is 18.1 Å². The lowest BCUT2D eigenvalue weighted by Crippen LogP contribution is -2.34. The Kier molecular flexibility index (Phi) is 5.35. The lowest BCUT2D eigenvalue weighted by molar-refractivity contribution is -0.131. The van der Waals surface area contributed by atoms with Crippen molar-refractivity contribution in [3.8, 4) is 5.75 Å². The Bertz CT molecular complexity index is 691. The van der Waals surface area contributed by atoms with E-state index in [1.54, 1.807) is 7.11 Å². The van der Waals surface area contributed by atoms with E-state index in [1.807, 2.05) is 30.0 Å². The van der Waals surface area contributed by atoms with Crippen molar-refractivity contribution in [2.45, 2.75) is 26.2 Å². The second-order valence-corrected chi connectivity index (χ2v) is 6.35. The van der Waals surface area contributed by atoms with Crippen LogP contribution in [0.5, 0.6) is 5.75 Å². The predicted octanol–water partition coefficient (Wildman–Crippen LogP) is 1.96. The number of aromatic amines is 1. The fourth-order valence-electron chi connectivity index (χ4n) is 3.25. The van der Waals surface area contributed by atoms with Gasteiger partial charge in [-0.25, -0.2) is 4.98 Å². The van der Waals surface area contributed by atoms with Crippen molar-refractivity contribution in [1.82, 2.24) is 20.2 Å². The summed E-state index contributed by atoms with van der Waals surface area (Å²) in [5.41, 5.74) is 1.90. The van der Waals surface area contributed by atoms with Gasteiger partial charge in [0.15, 0.2) is 0 Å². The molecule has 1 saturated heterocycles. The van der Waals surface area contributed by atoms with Crippen LogP contribution in [0.1, 0.15) is 25.6 Å². The van der Waals surface area contributed by atoms with Crippen LogP contribution in [0, 0.1) is 5.92 Å². The van der Waals surface area contributed by atoms with Gasteiger partial charge in [0.25, 0.3) is 0 Å². The highest BCUT2D eigenvalue weighted by Crippen LogP contribution is 2.19. The van der Waals surface area contributed by atoms with Crippen LogP contribution in [-0.2, 0) is 11.2 Å². The van der Waals surface area contributed by atoms with E-state index >= 15 is 0 Å². The first-order valence-corrected chi connectivity index (χ1v) is 8.70. The molecular weight excluding hydrogens is 304 g/mol. The molecule has 0 bridgehead atoms. The maximum absolute atomic E-state index is 12.5. The van der Waals surface area contributed by atoms with Gasteiger partial charge in [0.1, 0.15) is 11.6 Å². The molecule has 6 heteroatoms. The summed E-state index contributed by atoms with van der Waals surface area (Å²) in [6.07, 6.45) is 2.49. The van der Waals surface area contributed by atoms with Crippen LogP contribution >= 0.6 is 0 Å². The summed E-state index contributed by atoms with van der Waals surface area (Å²) >= 11 is 0. The molecule has 24 heavy (non-hydrogen) atoms. The summed E-state index contributed by atoms with van der Waals surface area (Å²) < 4.78 is 5.24. The number of imidazole rings is 1. The maximum atomic E-state index is 12.5. The number of rotatable bonds is 7. The van der Waals surface area contributed by atoms with E-state index < -0.39 is 0 Å². The number of hydrogen-bond donors (Lipinski definition) is 2. The smallest absolute Gasteiger partial charge is 0.222 e. The van der Waals surface area contributed by atoms with Crippen LogP contribution in [0.25, 0.3) is 11.0 Å². The predicted molar refractivity (Wildman–Crippen MR) is 94.2 cm³/mol. The van der Waals surface area contributed by atoms with Crippen molar-refractivity contribution in [2.75, 3.05) is 33.3 Å². The summed E-state index contributed by atoms with van der Waals surface area (Å²) in [4.78, 5) is 22.3. The Balaban J connectivity index is 1.59. The molecule has 1 unspecified atom stereocenters. The van der Waals surface area contributed by atoms with Gasteiger partial charge in [-0.15, -0.1) is 0 Å². The van der Waals surface area contributed by atoms with E-state index in [2.05, 4.69) is 15.3 Å². The van der Waals surface area contributed by atoms with Gasteiger partial charge < -0.3 is 19.9 Å². The second-order valence-electron chi connectivity index (χ2n) is 6.35. The average molecular weight is 330 g/mol. The van der Waals surface area contributed by atoms with E-state index in [4.69, 9.17) is 4.74 Å². The van der Waals surface area contributed by atoms with Crippen LogP contribution in [-0.4, -0.2) is 54.1 Å². The van der Waals surface area contributed by atoms with Crippen LogP contribution in [0.4, 0.5) is 0 Å². The number of amides is 1. The number of H-pyrrole nitrogens is 1. The van der Waals surface area contributed by atoms with Crippen molar-refractivity contribution in [1.29, 1.82) is 0 Å². The highest BCUT2D eigenvalue weighted by molar-refractivity contribution is 5.77. The Labute approximate surface area is 142 Å². The molecule has 1 aromatic carbocycles. The molecule has 6 nitrogen and oxygen atoms in total. The van der Waals surface area contributed by atoms with Crippen molar-refractivity contribution in [3.63, 3.8) is 0 Å². The zero-order chi connectivity index (χ0) is 16.9. The molecule has 2 heterocycles. The summed E-state index contributed by atoms with van der Waals surface area (Å²) in [7, 11) is 1.66. The van der Waals surface area contributed by atoms with E-state index in [-0.39, 0.29) is 5.91 Å². The monoisotopic (exact) mass is 330 g/mol. The highest BCUT2D eigenvalue weighted by Gasteiger charge is 2.21. The van der Waals surface area contributed by atoms with Gasteiger partial charge in [0.2, 0.25) is 5.91 Å².